The zero-order valence-electron chi connectivity index (χ0n) is 17.8. The summed E-state index contributed by atoms with van der Waals surface area (Å²) in [5.74, 6) is 7.53. The van der Waals surface area contributed by atoms with Crippen LogP contribution in [0.3, 0.4) is 0 Å². The monoisotopic (exact) mass is 403 g/mol. The summed E-state index contributed by atoms with van der Waals surface area (Å²) in [5, 5.41) is 21.7. The number of hydrogen-bond donors (Lipinski definition) is 4. The molecule has 4 N–H and O–H groups in total. The average molecular weight is 404 g/mol. The second-order valence-corrected chi connectivity index (χ2v) is 6.67. The lowest BCUT2D eigenvalue weighted by Gasteiger charge is -2.15. The van der Waals surface area contributed by atoms with E-state index in [-0.39, 0.29) is 6.04 Å². The van der Waals surface area contributed by atoms with Crippen molar-refractivity contribution in [3.8, 4) is 17.9 Å². The molecule has 0 saturated heterocycles. The lowest BCUT2D eigenvalue weighted by Crippen LogP contribution is -2.31. The Morgan fingerprint density at radius 2 is 2.03 bits per heavy atom. The zero-order valence-corrected chi connectivity index (χ0v) is 17.8. The first-order valence-electron chi connectivity index (χ1n) is 10.0. The van der Waals surface area contributed by atoms with Crippen LogP contribution in [0.15, 0.2) is 42.7 Å². The summed E-state index contributed by atoms with van der Waals surface area (Å²) in [7, 11) is 1.91. The summed E-state index contributed by atoms with van der Waals surface area (Å²) in [6.07, 6.45) is 3.42. The molecule has 7 nitrogen and oxygen atoms in total. The number of benzene rings is 1. The summed E-state index contributed by atoms with van der Waals surface area (Å²) >= 11 is 0. The van der Waals surface area contributed by atoms with E-state index in [0.717, 1.165) is 42.9 Å². The Labute approximate surface area is 179 Å². The van der Waals surface area contributed by atoms with Gasteiger partial charge in [0.25, 0.3) is 0 Å². The normalized spacial score (nSPS) is 10.9. The molecule has 0 spiro atoms. The van der Waals surface area contributed by atoms with Gasteiger partial charge in [-0.1, -0.05) is 18.4 Å². The van der Waals surface area contributed by atoms with Crippen molar-refractivity contribution in [3.63, 3.8) is 0 Å². The molecule has 2 rings (SSSR count). The summed E-state index contributed by atoms with van der Waals surface area (Å²) < 4.78 is 0. The number of nitriles is 1. The molecule has 1 aromatic carbocycles. The van der Waals surface area contributed by atoms with Gasteiger partial charge in [-0.25, -0.2) is 4.98 Å². The molecular weight excluding hydrogens is 374 g/mol. The fourth-order valence-corrected chi connectivity index (χ4v) is 2.50. The third-order valence-electron chi connectivity index (χ3n) is 4.41. The van der Waals surface area contributed by atoms with Crippen LogP contribution in [0.5, 0.6) is 0 Å². The highest BCUT2D eigenvalue weighted by molar-refractivity contribution is 5.60. The predicted octanol–water partition coefficient (Wildman–Crippen LogP) is 3.37. The molecule has 2 aromatic rings. The van der Waals surface area contributed by atoms with Crippen molar-refractivity contribution in [3.05, 3.63) is 53.9 Å². The van der Waals surface area contributed by atoms with Gasteiger partial charge in [-0.15, -0.1) is 0 Å². The molecule has 1 atom stereocenters. The molecule has 0 aliphatic rings. The lowest BCUT2D eigenvalue weighted by molar-refractivity contribution is 0.616. The second-order valence-electron chi connectivity index (χ2n) is 6.67. The van der Waals surface area contributed by atoms with E-state index in [9.17, 15) is 0 Å². The van der Waals surface area contributed by atoms with Gasteiger partial charge in [-0.3, -0.25) is 0 Å². The Bertz CT molecular complexity index is 933. The second kappa shape index (κ2) is 12.1. The van der Waals surface area contributed by atoms with E-state index >= 15 is 0 Å². The van der Waals surface area contributed by atoms with E-state index in [1.165, 1.54) is 0 Å². The molecule has 0 saturated carbocycles. The van der Waals surface area contributed by atoms with Crippen LogP contribution < -0.4 is 21.3 Å². The Morgan fingerprint density at radius 3 is 2.70 bits per heavy atom. The molecule has 0 aliphatic heterocycles. The summed E-state index contributed by atoms with van der Waals surface area (Å²) in [4.78, 5) is 8.90. The first-order chi connectivity index (χ1) is 14.6. The van der Waals surface area contributed by atoms with E-state index in [1.54, 1.807) is 18.3 Å². The summed E-state index contributed by atoms with van der Waals surface area (Å²) in [6, 6.07) is 9.48. The van der Waals surface area contributed by atoms with Crippen LogP contribution in [0.1, 0.15) is 37.8 Å². The van der Waals surface area contributed by atoms with E-state index in [2.05, 4.69) is 62.6 Å². The van der Waals surface area contributed by atoms with Crippen LogP contribution in [0.2, 0.25) is 0 Å². The maximum absolute atomic E-state index is 8.89. The molecule has 30 heavy (non-hydrogen) atoms. The van der Waals surface area contributed by atoms with Crippen molar-refractivity contribution in [2.24, 2.45) is 0 Å². The molecular formula is C23H29N7. The lowest BCUT2D eigenvalue weighted by atomic mass is 10.2. The van der Waals surface area contributed by atoms with Gasteiger partial charge in [0.15, 0.2) is 0 Å². The van der Waals surface area contributed by atoms with E-state index in [1.807, 2.05) is 26.1 Å². The van der Waals surface area contributed by atoms with Crippen molar-refractivity contribution < 1.29 is 0 Å². The van der Waals surface area contributed by atoms with Gasteiger partial charge >= 0.3 is 0 Å². The Balaban J connectivity index is 1.95. The number of likely N-dealkylation sites (N-methyl/N-ethyl adjacent to an activating group) is 1. The number of nitrogens with zero attached hydrogens (tertiary/aromatic N) is 3. The van der Waals surface area contributed by atoms with Crippen LogP contribution in [-0.4, -0.2) is 36.1 Å². The van der Waals surface area contributed by atoms with Crippen molar-refractivity contribution >= 4 is 17.5 Å². The Morgan fingerprint density at radius 1 is 1.27 bits per heavy atom. The molecule has 1 heterocycles. The predicted molar refractivity (Wildman–Crippen MR) is 122 cm³/mol. The quantitative estimate of drug-likeness (QED) is 0.357. The highest BCUT2D eigenvalue weighted by Gasteiger charge is 2.06. The molecule has 0 amide bonds. The van der Waals surface area contributed by atoms with E-state index in [4.69, 9.17) is 5.26 Å². The molecule has 0 unspecified atom stereocenters. The van der Waals surface area contributed by atoms with Gasteiger partial charge in [0.2, 0.25) is 5.95 Å². The largest absolute Gasteiger partial charge is 0.388 e. The number of unbranched alkanes of at least 4 members (excludes halogenated alkanes) is 1. The summed E-state index contributed by atoms with van der Waals surface area (Å²) in [5.41, 5.74) is 3.18. The molecule has 0 fully saturated rings. The number of hydrogen-bond acceptors (Lipinski definition) is 7. The van der Waals surface area contributed by atoms with Crippen molar-refractivity contribution in [1.82, 2.24) is 20.6 Å². The molecule has 1 aromatic heterocycles. The Hall–Kier alpha value is -3.55. The topological polar surface area (TPSA) is 97.7 Å². The number of aromatic nitrogens is 2. The van der Waals surface area contributed by atoms with Gasteiger partial charge in [0.1, 0.15) is 5.82 Å². The van der Waals surface area contributed by atoms with Gasteiger partial charge in [-0.05, 0) is 51.6 Å². The minimum Gasteiger partial charge on any atom is -0.388 e. The molecule has 0 bridgehead atoms. The van der Waals surface area contributed by atoms with Crippen LogP contribution in [-0.2, 0) is 0 Å². The highest BCUT2D eigenvalue weighted by atomic mass is 15.1. The molecule has 156 valence electrons. The minimum absolute atomic E-state index is 0.243. The minimum atomic E-state index is 0.243. The fourth-order valence-electron chi connectivity index (χ4n) is 2.50. The maximum atomic E-state index is 8.89. The van der Waals surface area contributed by atoms with Crippen LogP contribution in [0.4, 0.5) is 17.5 Å². The van der Waals surface area contributed by atoms with Crippen molar-refractivity contribution in [2.75, 3.05) is 30.8 Å². The molecule has 7 heteroatoms. The molecule has 0 radical (unpaired) electrons. The van der Waals surface area contributed by atoms with E-state index in [0.29, 0.717) is 17.3 Å². The Kier molecular flexibility index (Phi) is 9.18. The zero-order chi connectivity index (χ0) is 21.8. The molecule has 0 aliphatic carbocycles. The number of nitrogens with one attached hydrogen (secondary N) is 4. The van der Waals surface area contributed by atoms with Gasteiger partial charge in [0, 0.05) is 36.9 Å². The number of rotatable bonds is 10. The average Bonchev–Trinajstić information content (AvgIpc) is 2.77. The highest BCUT2D eigenvalue weighted by Crippen LogP contribution is 2.17. The van der Waals surface area contributed by atoms with E-state index < -0.39 is 0 Å². The standard InChI is InChI=1S/C23H29N7/c1-5-26-22-20(9-7-6-8-14-27-18(3)17(2)25-4)16-28-23(30-22)29-21-12-10-19(15-24)11-13-21/h10-13,16-17,25,27H,3,5-6,8,14H2,1-2,4H3,(H2,26,28,29,30)/t17-/m0/s1. The van der Waals surface area contributed by atoms with Crippen LogP contribution in [0.25, 0.3) is 0 Å². The first-order valence-corrected chi connectivity index (χ1v) is 10.0. The van der Waals surface area contributed by atoms with Gasteiger partial charge < -0.3 is 21.3 Å². The van der Waals surface area contributed by atoms with Crippen molar-refractivity contribution in [2.45, 2.75) is 32.7 Å². The first kappa shape index (κ1) is 22.7. The fraction of sp³-hybridized carbons (Fsp3) is 0.348. The third kappa shape index (κ3) is 7.12. The smallest absolute Gasteiger partial charge is 0.229 e. The van der Waals surface area contributed by atoms with Crippen LogP contribution in [0, 0.1) is 23.2 Å². The van der Waals surface area contributed by atoms with Crippen molar-refractivity contribution in [1.29, 1.82) is 5.26 Å². The van der Waals surface area contributed by atoms with Crippen LogP contribution >= 0.6 is 0 Å². The number of anilines is 3. The van der Waals surface area contributed by atoms with Gasteiger partial charge in [-0.2, -0.15) is 10.2 Å². The van der Waals surface area contributed by atoms with Gasteiger partial charge in [0.05, 0.1) is 23.4 Å². The SMILES string of the molecule is C=C(NCCCC#Cc1cnc(Nc2ccc(C#N)cc2)nc1NCC)[C@H](C)NC. The maximum Gasteiger partial charge on any atom is 0.229 e. The third-order valence-corrected chi connectivity index (χ3v) is 4.41. The summed E-state index contributed by atoms with van der Waals surface area (Å²) in [6.45, 7) is 9.66.